The van der Waals surface area contributed by atoms with Crippen molar-refractivity contribution < 1.29 is 18.7 Å². The van der Waals surface area contributed by atoms with Crippen LogP contribution < -0.4 is 0 Å². The number of nitrogens with zero attached hydrogens (tertiary/aromatic N) is 1. The Morgan fingerprint density at radius 1 is 1.35 bits per heavy atom. The Balaban J connectivity index is 2.52. The van der Waals surface area contributed by atoms with Crippen LogP contribution in [0.2, 0.25) is 0 Å². The Labute approximate surface area is 107 Å². The highest BCUT2D eigenvalue weighted by Gasteiger charge is 2.15. The van der Waals surface area contributed by atoms with Crippen molar-refractivity contribution in [3.05, 3.63) is 39.3 Å². The Morgan fingerprint density at radius 3 is 2.65 bits per heavy atom. The zero-order valence-corrected chi connectivity index (χ0v) is 10.5. The van der Waals surface area contributed by atoms with Crippen molar-refractivity contribution in [2.75, 3.05) is 0 Å². The lowest BCUT2D eigenvalue weighted by molar-refractivity contribution is 0.0691. The van der Waals surface area contributed by atoms with Crippen molar-refractivity contribution in [3.8, 4) is 10.6 Å². The molecule has 1 N–H and O–H groups in total. The van der Waals surface area contributed by atoms with Gasteiger partial charge in [-0.15, -0.1) is 11.3 Å². The number of hydrogen-bond acceptors (Lipinski definition) is 3. The molecule has 0 aliphatic carbocycles. The first-order chi connectivity index (χ1) is 7.99. The molecule has 0 aliphatic heterocycles. The quantitative estimate of drug-likeness (QED) is 0.861. The second kappa shape index (κ2) is 4.50. The Kier molecular flexibility index (Phi) is 3.21. The van der Waals surface area contributed by atoms with Crippen LogP contribution in [0.5, 0.6) is 0 Å². The monoisotopic (exact) mass is 319 g/mol. The number of halogens is 3. The van der Waals surface area contributed by atoms with E-state index in [0.717, 1.165) is 17.4 Å². The SMILES string of the molecule is O=C(O)c1csc(-c2cc(Br)c(F)cc2F)n1. The average molecular weight is 320 g/mol. The van der Waals surface area contributed by atoms with Crippen LogP contribution in [0.25, 0.3) is 10.6 Å². The minimum Gasteiger partial charge on any atom is -0.476 e. The number of thiazole rings is 1. The molecule has 0 atom stereocenters. The summed E-state index contributed by atoms with van der Waals surface area (Å²) in [7, 11) is 0. The smallest absolute Gasteiger partial charge is 0.355 e. The summed E-state index contributed by atoms with van der Waals surface area (Å²) in [4.78, 5) is 14.4. The van der Waals surface area contributed by atoms with Crippen LogP contribution in [-0.4, -0.2) is 16.1 Å². The zero-order chi connectivity index (χ0) is 12.6. The van der Waals surface area contributed by atoms with Crippen molar-refractivity contribution in [2.45, 2.75) is 0 Å². The molecule has 1 heterocycles. The maximum Gasteiger partial charge on any atom is 0.355 e. The minimum absolute atomic E-state index is 0.0655. The highest BCUT2D eigenvalue weighted by Crippen LogP contribution is 2.30. The molecule has 0 unspecified atom stereocenters. The lowest BCUT2D eigenvalue weighted by Crippen LogP contribution is -1.96. The van der Waals surface area contributed by atoms with Gasteiger partial charge in [0.2, 0.25) is 0 Å². The van der Waals surface area contributed by atoms with E-state index in [2.05, 4.69) is 20.9 Å². The first-order valence-corrected chi connectivity index (χ1v) is 6.00. The topological polar surface area (TPSA) is 50.2 Å². The van der Waals surface area contributed by atoms with Crippen LogP contribution >= 0.6 is 27.3 Å². The maximum absolute atomic E-state index is 13.5. The van der Waals surface area contributed by atoms with E-state index in [1.807, 2.05) is 0 Å². The van der Waals surface area contributed by atoms with Gasteiger partial charge in [-0.3, -0.25) is 0 Å². The summed E-state index contributed by atoms with van der Waals surface area (Å²) < 4.78 is 26.6. The molecule has 17 heavy (non-hydrogen) atoms. The first-order valence-electron chi connectivity index (χ1n) is 4.33. The predicted octanol–water partition coefficient (Wildman–Crippen LogP) is 3.55. The van der Waals surface area contributed by atoms with Gasteiger partial charge in [0.05, 0.1) is 4.47 Å². The number of rotatable bonds is 2. The third kappa shape index (κ3) is 2.34. The van der Waals surface area contributed by atoms with Gasteiger partial charge in [-0.1, -0.05) is 0 Å². The summed E-state index contributed by atoms with van der Waals surface area (Å²) in [5.41, 5.74) is -0.0966. The lowest BCUT2D eigenvalue weighted by atomic mass is 10.2. The third-order valence-corrected chi connectivity index (χ3v) is 3.45. The molecule has 0 fully saturated rings. The van der Waals surface area contributed by atoms with Gasteiger partial charge in [0, 0.05) is 17.0 Å². The molecule has 3 nitrogen and oxygen atoms in total. The van der Waals surface area contributed by atoms with Gasteiger partial charge in [0.15, 0.2) is 5.69 Å². The molecule has 0 spiro atoms. The van der Waals surface area contributed by atoms with E-state index in [0.29, 0.717) is 0 Å². The fourth-order valence-corrected chi connectivity index (χ4v) is 2.34. The molecule has 1 aromatic heterocycles. The van der Waals surface area contributed by atoms with E-state index in [1.165, 1.54) is 11.4 Å². The van der Waals surface area contributed by atoms with Crippen LogP contribution in [-0.2, 0) is 0 Å². The molecule has 1 aromatic carbocycles. The van der Waals surface area contributed by atoms with Gasteiger partial charge in [-0.25, -0.2) is 18.6 Å². The van der Waals surface area contributed by atoms with Crippen molar-refractivity contribution in [1.82, 2.24) is 4.98 Å². The normalized spacial score (nSPS) is 10.5. The Hall–Kier alpha value is -1.34. The molecular weight excluding hydrogens is 316 g/mol. The number of carboxylic acids is 1. The average Bonchev–Trinajstić information content (AvgIpc) is 2.72. The highest BCUT2D eigenvalue weighted by atomic mass is 79.9. The molecular formula is C10H4BrF2NO2S. The van der Waals surface area contributed by atoms with Crippen molar-refractivity contribution in [3.63, 3.8) is 0 Å². The van der Waals surface area contributed by atoms with Crippen LogP contribution in [0.1, 0.15) is 10.5 Å². The lowest BCUT2D eigenvalue weighted by Gasteiger charge is -2.01. The van der Waals surface area contributed by atoms with Crippen molar-refractivity contribution in [1.29, 1.82) is 0 Å². The van der Waals surface area contributed by atoms with E-state index in [-0.39, 0.29) is 20.7 Å². The molecule has 0 amide bonds. The summed E-state index contributed by atoms with van der Waals surface area (Å²) in [5, 5.41) is 10.2. The largest absolute Gasteiger partial charge is 0.476 e. The van der Waals surface area contributed by atoms with Crippen LogP contribution in [0.15, 0.2) is 22.0 Å². The number of carbonyl (C=O) groups is 1. The molecule has 2 aromatic rings. The van der Waals surface area contributed by atoms with Crippen LogP contribution in [0.4, 0.5) is 8.78 Å². The van der Waals surface area contributed by atoms with Crippen LogP contribution in [0.3, 0.4) is 0 Å². The molecule has 2 rings (SSSR count). The number of benzene rings is 1. The second-order valence-electron chi connectivity index (χ2n) is 3.09. The summed E-state index contributed by atoms with van der Waals surface area (Å²) in [6, 6.07) is 1.95. The van der Waals surface area contributed by atoms with Crippen molar-refractivity contribution in [2.24, 2.45) is 0 Å². The Bertz CT molecular complexity index is 600. The van der Waals surface area contributed by atoms with Crippen molar-refractivity contribution >= 4 is 33.2 Å². The number of carboxylic acid groups (broad SMARTS) is 1. The fourth-order valence-electron chi connectivity index (χ4n) is 1.18. The summed E-state index contributed by atoms with van der Waals surface area (Å²) in [5.74, 6) is -2.69. The summed E-state index contributed by atoms with van der Waals surface area (Å²) in [6.45, 7) is 0. The van der Waals surface area contributed by atoms with E-state index in [1.54, 1.807) is 0 Å². The van der Waals surface area contributed by atoms with Gasteiger partial charge in [-0.05, 0) is 22.0 Å². The standard InChI is InChI=1S/C10H4BrF2NO2S/c11-5-1-4(6(12)2-7(5)13)9-14-8(3-17-9)10(15)16/h1-3H,(H,15,16). The second-order valence-corrected chi connectivity index (χ2v) is 4.80. The van der Waals surface area contributed by atoms with Gasteiger partial charge in [0.25, 0.3) is 0 Å². The van der Waals surface area contributed by atoms with Gasteiger partial charge in [0.1, 0.15) is 16.6 Å². The molecule has 0 saturated heterocycles. The Morgan fingerprint density at radius 2 is 2.06 bits per heavy atom. The minimum atomic E-state index is -1.19. The van der Waals surface area contributed by atoms with E-state index >= 15 is 0 Å². The van der Waals surface area contributed by atoms with Gasteiger partial charge < -0.3 is 5.11 Å². The molecule has 0 saturated carbocycles. The van der Waals surface area contributed by atoms with Gasteiger partial charge in [-0.2, -0.15) is 0 Å². The summed E-state index contributed by atoms with van der Waals surface area (Å²) in [6.07, 6.45) is 0. The molecule has 88 valence electrons. The van der Waals surface area contributed by atoms with E-state index in [4.69, 9.17) is 5.11 Å². The predicted molar refractivity (Wildman–Crippen MR) is 62.1 cm³/mol. The number of aromatic nitrogens is 1. The van der Waals surface area contributed by atoms with E-state index in [9.17, 15) is 13.6 Å². The van der Waals surface area contributed by atoms with Gasteiger partial charge >= 0.3 is 5.97 Å². The molecule has 0 aliphatic rings. The molecule has 7 heteroatoms. The van der Waals surface area contributed by atoms with E-state index < -0.39 is 17.6 Å². The molecule has 0 bridgehead atoms. The third-order valence-electron chi connectivity index (χ3n) is 1.96. The van der Waals surface area contributed by atoms with Crippen LogP contribution in [0, 0.1) is 11.6 Å². The number of aromatic carboxylic acids is 1. The summed E-state index contributed by atoms with van der Waals surface area (Å²) >= 11 is 3.92. The first kappa shape index (κ1) is 12.1. The highest BCUT2D eigenvalue weighted by molar-refractivity contribution is 9.10. The molecule has 0 radical (unpaired) electrons. The maximum atomic E-state index is 13.5. The zero-order valence-electron chi connectivity index (χ0n) is 8.08. The fraction of sp³-hybridized carbons (Fsp3) is 0. The number of hydrogen-bond donors (Lipinski definition) is 1.